The van der Waals surface area contributed by atoms with Crippen molar-refractivity contribution < 1.29 is 13.9 Å². The maximum atomic E-state index is 12.8. The molecule has 1 aromatic rings. The maximum absolute atomic E-state index is 12.8. The van der Waals surface area contributed by atoms with E-state index < -0.39 is 12.5 Å². The lowest BCUT2D eigenvalue weighted by Crippen LogP contribution is -2.45. The number of nitrogens with zero attached hydrogens (tertiary/aromatic N) is 1. The molecule has 1 fully saturated rings. The van der Waals surface area contributed by atoms with E-state index in [1.165, 1.54) is 0 Å². The number of phenols is 1. The molecule has 114 valence electrons. The van der Waals surface area contributed by atoms with E-state index in [-0.39, 0.29) is 24.6 Å². The number of rotatable bonds is 4. The number of aromatic hydroxyl groups is 1. The van der Waals surface area contributed by atoms with Crippen molar-refractivity contribution in [2.45, 2.75) is 25.8 Å². The zero-order valence-corrected chi connectivity index (χ0v) is 12.3. The van der Waals surface area contributed by atoms with E-state index in [0.29, 0.717) is 5.56 Å². The summed E-state index contributed by atoms with van der Waals surface area (Å²) in [7, 11) is 0. The maximum Gasteiger partial charge on any atom is 0.240 e. The second-order valence-electron chi connectivity index (χ2n) is 4.94. The first-order valence-corrected chi connectivity index (χ1v) is 6.61. The first-order valence-electron chi connectivity index (χ1n) is 6.61. The van der Waals surface area contributed by atoms with Crippen molar-refractivity contribution in [2.24, 2.45) is 0 Å². The first kappa shape index (κ1) is 17.1. The van der Waals surface area contributed by atoms with E-state index in [1.807, 2.05) is 11.0 Å². The monoisotopic (exact) mass is 306 g/mol. The lowest BCUT2D eigenvalue weighted by molar-refractivity contribution is 0.0729. The van der Waals surface area contributed by atoms with Crippen molar-refractivity contribution in [1.82, 2.24) is 10.2 Å². The molecule has 1 heterocycles. The highest BCUT2D eigenvalue weighted by Gasteiger charge is 2.27. The second kappa shape index (κ2) is 7.76. The molecule has 1 aromatic carbocycles. The molecule has 6 heteroatoms. The molecule has 1 aliphatic rings. The Morgan fingerprint density at radius 1 is 1.30 bits per heavy atom. The summed E-state index contributed by atoms with van der Waals surface area (Å²) in [6, 6.07) is 4.93. The quantitative estimate of drug-likeness (QED) is 0.898. The zero-order chi connectivity index (χ0) is 13.8. The normalized spacial score (nSPS) is 17.8. The predicted molar refractivity (Wildman–Crippen MR) is 77.9 cm³/mol. The Morgan fingerprint density at radius 3 is 2.55 bits per heavy atom. The van der Waals surface area contributed by atoms with Gasteiger partial charge >= 0.3 is 0 Å². The van der Waals surface area contributed by atoms with Crippen LogP contribution in [0.5, 0.6) is 5.75 Å². The topological polar surface area (TPSA) is 35.5 Å². The molecule has 0 aliphatic carbocycles. The number of halogens is 3. The number of benzene rings is 1. The molecule has 0 bridgehead atoms. The van der Waals surface area contributed by atoms with Crippen molar-refractivity contribution in [3.63, 3.8) is 0 Å². The number of hydrogen-bond donors (Lipinski definition) is 2. The molecule has 0 amide bonds. The molecule has 1 saturated heterocycles. The molecule has 0 radical (unpaired) electrons. The van der Waals surface area contributed by atoms with E-state index in [1.54, 1.807) is 19.1 Å². The number of phenolic OH excluding ortho intramolecular Hbond substituents is 1. The Hall–Kier alpha value is -0.910. The van der Waals surface area contributed by atoms with Crippen molar-refractivity contribution >= 4 is 12.4 Å². The lowest BCUT2D eigenvalue weighted by Gasteiger charge is -2.35. The summed E-state index contributed by atoms with van der Waals surface area (Å²) in [5, 5.41) is 13.3. The zero-order valence-electron chi connectivity index (χ0n) is 11.5. The van der Waals surface area contributed by atoms with Crippen LogP contribution in [0.4, 0.5) is 8.78 Å². The van der Waals surface area contributed by atoms with Gasteiger partial charge < -0.3 is 10.4 Å². The molecule has 3 nitrogen and oxygen atoms in total. The van der Waals surface area contributed by atoms with Crippen LogP contribution in [0.3, 0.4) is 0 Å². The third-order valence-corrected chi connectivity index (χ3v) is 3.62. The molecular weight excluding hydrogens is 286 g/mol. The smallest absolute Gasteiger partial charge is 0.240 e. The van der Waals surface area contributed by atoms with E-state index in [0.717, 1.165) is 31.7 Å². The van der Waals surface area contributed by atoms with Crippen molar-refractivity contribution in [3.05, 3.63) is 29.3 Å². The fraction of sp³-hybridized carbons (Fsp3) is 0.571. The van der Waals surface area contributed by atoms with Crippen LogP contribution in [0, 0.1) is 6.92 Å². The van der Waals surface area contributed by atoms with Crippen LogP contribution in [0.2, 0.25) is 0 Å². The minimum absolute atomic E-state index is 0. The van der Waals surface area contributed by atoms with Gasteiger partial charge in [-0.05, 0) is 12.5 Å². The summed E-state index contributed by atoms with van der Waals surface area (Å²) < 4.78 is 25.7. The molecule has 1 atom stereocenters. The molecule has 20 heavy (non-hydrogen) atoms. The molecular formula is C14H21ClF2N2O. The van der Waals surface area contributed by atoms with Gasteiger partial charge in [-0.3, -0.25) is 4.90 Å². The van der Waals surface area contributed by atoms with Crippen molar-refractivity contribution in [1.29, 1.82) is 0 Å². The molecule has 2 N–H and O–H groups in total. The molecule has 2 rings (SSSR count). The van der Waals surface area contributed by atoms with Gasteiger partial charge in [-0.2, -0.15) is 0 Å². The van der Waals surface area contributed by atoms with Crippen molar-refractivity contribution in [3.8, 4) is 5.75 Å². The Kier molecular flexibility index (Phi) is 6.65. The fourth-order valence-corrected chi connectivity index (χ4v) is 2.59. The van der Waals surface area contributed by atoms with Gasteiger partial charge in [0.2, 0.25) is 6.43 Å². The van der Waals surface area contributed by atoms with Crippen LogP contribution in [0.15, 0.2) is 18.2 Å². The van der Waals surface area contributed by atoms with Crippen LogP contribution >= 0.6 is 12.4 Å². The van der Waals surface area contributed by atoms with Crippen LogP contribution < -0.4 is 5.32 Å². The summed E-state index contributed by atoms with van der Waals surface area (Å²) in [5.74, 6) is 0.145. The molecule has 0 aromatic heterocycles. The van der Waals surface area contributed by atoms with E-state index >= 15 is 0 Å². The highest BCUT2D eigenvalue weighted by molar-refractivity contribution is 5.85. The van der Waals surface area contributed by atoms with E-state index in [4.69, 9.17) is 0 Å². The number of nitrogens with one attached hydrogen (secondary N) is 1. The van der Waals surface area contributed by atoms with Gasteiger partial charge in [-0.1, -0.05) is 18.2 Å². The SMILES string of the molecule is Cc1cccc([C@H](CC(F)F)N2CCNCC2)c1O.Cl. The average Bonchev–Trinajstić information content (AvgIpc) is 2.40. The number of piperazine rings is 1. The summed E-state index contributed by atoms with van der Waals surface area (Å²) in [4.78, 5) is 2.02. The number of aryl methyl sites for hydroxylation is 1. The highest BCUT2D eigenvalue weighted by atomic mass is 35.5. The average molecular weight is 307 g/mol. The van der Waals surface area contributed by atoms with Crippen LogP contribution in [-0.2, 0) is 0 Å². The summed E-state index contributed by atoms with van der Waals surface area (Å²) >= 11 is 0. The third kappa shape index (κ3) is 4.04. The summed E-state index contributed by atoms with van der Waals surface area (Å²) in [6.07, 6.45) is -2.61. The number of hydrogen-bond acceptors (Lipinski definition) is 3. The second-order valence-corrected chi connectivity index (χ2v) is 4.94. The summed E-state index contributed by atoms with van der Waals surface area (Å²) in [6.45, 7) is 4.84. The highest BCUT2D eigenvalue weighted by Crippen LogP contribution is 2.34. The number of para-hydroxylation sites is 1. The van der Waals surface area contributed by atoms with E-state index in [9.17, 15) is 13.9 Å². The summed E-state index contributed by atoms with van der Waals surface area (Å²) in [5.41, 5.74) is 1.34. The predicted octanol–water partition coefficient (Wildman–Crippen LogP) is 2.72. The Balaban J connectivity index is 0.00000200. The Morgan fingerprint density at radius 2 is 1.95 bits per heavy atom. The van der Waals surface area contributed by atoms with E-state index in [2.05, 4.69) is 5.32 Å². The minimum atomic E-state index is -2.38. The standard InChI is InChI=1S/C14H20F2N2O.ClH/c1-10-3-2-4-11(14(10)19)12(9-13(15)16)18-7-5-17-6-8-18;/h2-4,12-13,17,19H,5-9H2,1H3;1H/t12-;/m0./s1. The van der Waals surface area contributed by atoms with Crippen LogP contribution in [0.1, 0.15) is 23.6 Å². The number of alkyl halides is 2. The molecule has 1 aliphatic heterocycles. The van der Waals surface area contributed by atoms with Crippen molar-refractivity contribution in [2.75, 3.05) is 26.2 Å². The Bertz CT molecular complexity index is 426. The Labute approximate surface area is 124 Å². The molecule has 0 unspecified atom stereocenters. The van der Waals surface area contributed by atoms with Crippen LogP contribution in [-0.4, -0.2) is 42.6 Å². The largest absolute Gasteiger partial charge is 0.507 e. The fourth-order valence-electron chi connectivity index (χ4n) is 2.59. The van der Waals surface area contributed by atoms with Crippen LogP contribution in [0.25, 0.3) is 0 Å². The third-order valence-electron chi connectivity index (χ3n) is 3.62. The van der Waals surface area contributed by atoms with Gasteiger partial charge in [0.25, 0.3) is 0 Å². The lowest BCUT2D eigenvalue weighted by atomic mass is 9.98. The molecule has 0 saturated carbocycles. The van der Waals surface area contributed by atoms with Gasteiger partial charge in [0.1, 0.15) is 5.75 Å². The van der Waals surface area contributed by atoms with Gasteiger partial charge in [0, 0.05) is 44.2 Å². The minimum Gasteiger partial charge on any atom is -0.507 e. The first-order chi connectivity index (χ1) is 9.09. The van der Waals surface area contributed by atoms with Gasteiger partial charge in [0.15, 0.2) is 0 Å². The molecule has 0 spiro atoms. The van der Waals surface area contributed by atoms with Gasteiger partial charge in [-0.25, -0.2) is 8.78 Å². The van der Waals surface area contributed by atoms with Gasteiger partial charge in [0.05, 0.1) is 0 Å². The van der Waals surface area contributed by atoms with Gasteiger partial charge in [-0.15, -0.1) is 12.4 Å².